The molecule has 1 aromatic rings. The molecule has 0 spiro atoms. The molecule has 1 saturated carbocycles. The van der Waals surface area contributed by atoms with Gasteiger partial charge < -0.3 is 5.73 Å². The van der Waals surface area contributed by atoms with Crippen LogP contribution in [0.1, 0.15) is 18.5 Å². The number of nitrogens with two attached hydrogens (primary N) is 1. The third kappa shape index (κ3) is 1.60. The van der Waals surface area contributed by atoms with Crippen LogP contribution >= 0.6 is 0 Å². The van der Waals surface area contributed by atoms with Gasteiger partial charge in [-0.05, 0) is 24.8 Å². The van der Waals surface area contributed by atoms with E-state index in [-0.39, 0.29) is 0 Å². The highest BCUT2D eigenvalue weighted by Gasteiger charge is 2.21. The van der Waals surface area contributed by atoms with E-state index < -0.39 is 0 Å². The Bertz CT molecular complexity index is 237. The van der Waals surface area contributed by atoms with Crippen LogP contribution in [0.25, 0.3) is 0 Å². The average molecular weight is 151 g/mol. The fourth-order valence-electron chi connectivity index (χ4n) is 1.18. The minimum atomic E-state index is 0.553. The van der Waals surface area contributed by atoms with Crippen LogP contribution in [0.15, 0.2) is 12.3 Å². The monoisotopic (exact) mass is 151 g/mol. The standard InChI is InChI=1S/C8H13N3/c9-5-8-3-4-11(10-8)6-7-1-2-7/h3-4,7H,1-2,5-6,9H2. The smallest absolute Gasteiger partial charge is 0.0760 e. The van der Waals surface area contributed by atoms with Gasteiger partial charge in [-0.2, -0.15) is 5.10 Å². The highest BCUT2D eigenvalue weighted by molar-refractivity contribution is 4.98. The molecule has 0 atom stereocenters. The zero-order chi connectivity index (χ0) is 7.68. The molecule has 0 bridgehead atoms. The quantitative estimate of drug-likeness (QED) is 0.692. The number of hydrogen-bond acceptors (Lipinski definition) is 2. The first-order chi connectivity index (χ1) is 5.38. The first-order valence-electron chi connectivity index (χ1n) is 4.11. The van der Waals surface area contributed by atoms with Crippen molar-refractivity contribution in [2.75, 3.05) is 0 Å². The molecule has 0 saturated heterocycles. The Labute approximate surface area is 66.2 Å². The van der Waals surface area contributed by atoms with Crippen LogP contribution in [0.3, 0.4) is 0 Å². The van der Waals surface area contributed by atoms with Gasteiger partial charge in [0.05, 0.1) is 5.69 Å². The van der Waals surface area contributed by atoms with Gasteiger partial charge in [-0.25, -0.2) is 0 Å². The summed E-state index contributed by atoms with van der Waals surface area (Å²) in [5.74, 6) is 0.889. The van der Waals surface area contributed by atoms with Crippen LogP contribution in [-0.2, 0) is 13.1 Å². The molecular weight excluding hydrogens is 138 g/mol. The van der Waals surface area contributed by atoms with Crippen molar-refractivity contribution in [2.45, 2.75) is 25.9 Å². The summed E-state index contributed by atoms with van der Waals surface area (Å²) in [6.07, 6.45) is 4.76. The molecule has 1 fully saturated rings. The Morgan fingerprint density at radius 2 is 2.45 bits per heavy atom. The van der Waals surface area contributed by atoms with Gasteiger partial charge in [-0.1, -0.05) is 0 Å². The van der Waals surface area contributed by atoms with Gasteiger partial charge in [0.1, 0.15) is 0 Å². The lowest BCUT2D eigenvalue weighted by atomic mass is 10.4. The summed E-state index contributed by atoms with van der Waals surface area (Å²) in [6.45, 7) is 1.64. The molecule has 2 N–H and O–H groups in total. The molecule has 0 aromatic carbocycles. The van der Waals surface area contributed by atoms with Crippen molar-refractivity contribution < 1.29 is 0 Å². The molecule has 60 valence electrons. The largest absolute Gasteiger partial charge is 0.325 e. The molecule has 1 aliphatic carbocycles. The van der Waals surface area contributed by atoms with Crippen LogP contribution in [-0.4, -0.2) is 9.78 Å². The normalized spacial score (nSPS) is 17.2. The van der Waals surface area contributed by atoms with Crippen molar-refractivity contribution in [3.05, 3.63) is 18.0 Å². The highest BCUT2D eigenvalue weighted by atomic mass is 15.3. The van der Waals surface area contributed by atoms with Gasteiger partial charge in [-0.3, -0.25) is 4.68 Å². The summed E-state index contributed by atoms with van der Waals surface area (Å²) in [7, 11) is 0. The predicted molar refractivity (Wildman–Crippen MR) is 42.8 cm³/mol. The Balaban J connectivity index is 1.99. The van der Waals surface area contributed by atoms with Crippen molar-refractivity contribution in [1.82, 2.24) is 9.78 Å². The van der Waals surface area contributed by atoms with Crippen molar-refractivity contribution in [2.24, 2.45) is 11.7 Å². The minimum Gasteiger partial charge on any atom is -0.325 e. The Hall–Kier alpha value is -0.830. The van der Waals surface area contributed by atoms with E-state index in [0.717, 1.165) is 18.2 Å². The van der Waals surface area contributed by atoms with Gasteiger partial charge >= 0.3 is 0 Å². The summed E-state index contributed by atoms with van der Waals surface area (Å²) < 4.78 is 2.00. The maximum atomic E-state index is 5.43. The molecule has 3 heteroatoms. The van der Waals surface area contributed by atoms with Crippen LogP contribution in [0.5, 0.6) is 0 Å². The van der Waals surface area contributed by atoms with Gasteiger partial charge in [0.15, 0.2) is 0 Å². The molecule has 2 rings (SSSR count). The number of hydrogen-bond donors (Lipinski definition) is 1. The molecule has 0 aliphatic heterocycles. The second-order valence-electron chi connectivity index (χ2n) is 3.18. The molecule has 1 aliphatic rings. The number of aromatic nitrogens is 2. The summed E-state index contributed by atoms with van der Waals surface area (Å²) >= 11 is 0. The van der Waals surface area contributed by atoms with Gasteiger partial charge in [0.2, 0.25) is 0 Å². The van der Waals surface area contributed by atoms with Gasteiger partial charge in [0.25, 0.3) is 0 Å². The molecular formula is C8H13N3. The molecule has 11 heavy (non-hydrogen) atoms. The van der Waals surface area contributed by atoms with E-state index >= 15 is 0 Å². The van der Waals surface area contributed by atoms with Crippen LogP contribution in [0, 0.1) is 5.92 Å². The number of nitrogens with zero attached hydrogens (tertiary/aromatic N) is 2. The van der Waals surface area contributed by atoms with E-state index in [1.807, 2.05) is 16.9 Å². The summed E-state index contributed by atoms with van der Waals surface area (Å²) in [4.78, 5) is 0. The second-order valence-corrected chi connectivity index (χ2v) is 3.18. The van der Waals surface area contributed by atoms with E-state index in [1.165, 1.54) is 12.8 Å². The average Bonchev–Trinajstić information content (AvgIpc) is 2.68. The lowest BCUT2D eigenvalue weighted by Crippen LogP contribution is -2.03. The van der Waals surface area contributed by atoms with Crippen molar-refractivity contribution >= 4 is 0 Å². The molecule has 3 nitrogen and oxygen atoms in total. The predicted octanol–water partition coefficient (Wildman–Crippen LogP) is 0.752. The zero-order valence-electron chi connectivity index (χ0n) is 6.53. The van der Waals surface area contributed by atoms with E-state index in [1.54, 1.807) is 0 Å². The Morgan fingerprint density at radius 3 is 3.00 bits per heavy atom. The topological polar surface area (TPSA) is 43.8 Å². The molecule has 1 heterocycles. The third-order valence-electron chi connectivity index (χ3n) is 2.05. The fourth-order valence-corrected chi connectivity index (χ4v) is 1.18. The first-order valence-corrected chi connectivity index (χ1v) is 4.11. The molecule has 0 amide bonds. The first kappa shape index (κ1) is 6.85. The van der Waals surface area contributed by atoms with Crippen molar-refractivity contribution in [3.8, 4) is 0 Å². The highest BCUT2D eigenvalue weighted by Crippen LogP contribution is 2.30. The summed E-state index contributed by atoms with van der Waals surface area (Å²) in [5, 5.41) is 4.30. The molecule has 0 radical (unpaired) electrons. The van der Waals surface area contributed by atoms with Gasteiger partial charge in [0, 0.05) is 19.3 Å². The van der Waals surface area contributed by atoms with E-state index in [0.29, 0.717) is 6.54 Å². The van der Waals surface area contributed by atoms with Crippen LogP contribution in [0.2, 0.25) is 0 Å². The van der Waals surface area contributed by atoms with E-state index in [4.69, 9.17) is 5.73 Å². The molecule has 0 unspecified atom stereocenters. The SMILES string of the molecule is NCc1ccn(CC2CC2)n1. The van der Waals surface area contributed by atoms with Gasteiger partial charge in [-0.15, -0.1) is 0 Å². The lowest BCUT2D eigenvalue weighted by molar-refractivity contribution is 0.557. The zero-order valence-corrected chi connectivity index (χ0v) is 6.53. The number of rotatable bonds is 3. The maximum Gasteiger partial charge on any atom is 0.0760 e. The van der Waals surface area contributed by atoms with Crippen molar-refractivity contribution in [1.29, 1.82) is 0 Å². The van der Waals surface area contributed by atoms with Crippen molar-refractivity contribution in [3.63, 3.8) is 0 Å². The fraction of sp³-hybridized carbons (Fsp3) is 0.625. The third-order valence-corrected chi connectivity index (χ3v) is 2.05. The summed E-state index contributed by atoms with van der Waals surface area (Å²) in [5.41, 5.74) is 6.43. The minimum absolute atomic E-state index is 0.553. The Kier molecular flexibility index (Phi) is 1.66. The second kappa shape index (κ2) is 2.66. The maximum absolute atomic E-state index is 5.43. The Morgan fingerprint density at radius 1 is 1.64 bits per heavy atom. The van der Waals surface area contributed by atoms with E-state index in [9.17, 15) is 0 Å². The van der Waals surface area contributed by atoms with Crippen LogP contribution < -0.4 is 5.73 Å². The molecule has 1 aromatic heterocycles. The van der Waals surface area contributed by atoms with Crippen LogP contribution in [0.4, 0.5) is 0 Å². The summed E-state index contributed by atoms with van der Waals surface area (Å²) in [6, 6.07) is 1.99. The lowest BCUT2D eigenvalue weighted by Gasteiger charge is -1.96. The van der Waals surface area contributed by atoms with E-state index in [2.05, 4.69) is 5.10 Å².